The minimum Gasteiger partial charge on any atom is -0.462 e. The number of carbonyl (C=O) groups is 4. The molecule has 0 aromatic rings. The van der Waals surface area contributed by atoms with Crippen LogP contribution in [0, 0.1) is 17.8 Å². The fraction of sp³-hybridized carbons (Fsp3) is 0.949. The summed E-state index contributed by atoms with van der Waals surface area (Å²) in [6.07, 6.45) is 56.9. The van der Waals surface area contributed by atoms with Gasteiger partial charge in [0.05, 0.1) is 26.4 Å². The third-order valence-corrected chi connectivity index (χ3v) is 20.6. The van der Waals surface area contributed by atoms with Gasteiger partial charge in [0, 0.05) is 25.7 Å². The van der Waals surface area contributed by atoms with E-state index in [4.69, 9.17) is 37.0 Å². The molecule has 0 aliphatic carbocycles. The number of carbonyl (C=O) groups excluding carboxylic acids is 4. The molecule has 0 saturated carbocycles. The number of rotatable bonds is 77. The topological polar surface area (TPSA) is 237 Å². The first-order valence-electron chi connectivity index (χ1n) is 40.9. The van der Waals surface area contributed by atoms with Gasteiger partial charge in [-0.15, -0.1) is 0 Å². The van der Waals surface area contributed by atoms with E-state index in [1.807, 2.05) is 0 Å². The van der Waals surface area contributed by atoms with Gasteiger partial charge in [-0.3, -0.25) is 37.3 Å². The number of ether oxygens (including phenoxy) is 4. The first-order chi connectivity index (χ1) is 47.3. The van der Waals surface area contributed by atoms with Crippen molar-refractivity contribution in [2.24, 2.45) is 17.8 Å². The average Bonchev–Trinajstić information content (AvgIpc) is 1.05. The molecule has 0 aromatic heterocycles. The Kier molecular flexibility index (Phi) is 68.1. The molecule has 0 aromatic carbocycles. The normalized spacial score (nSPS) is 14.3. The van der Waals surface area contributed by atoms with Crippen molar-refractivity contribution in [3.8, 4) is 0 Å². The molecular weight excluding hydrogens is 1280 g/mol. The minimum atomic E-state index is -4.96. The van der Waals surface area contributed by atoms with Crippen LogP contribution in [0.25, 0.3) is 0 Å². The maximum absolute atomic E-state index is 13.1. The summed E-state index contributed by atoms with van der Waals surface area (Å²) >= 11 is 0. The summed E-state index contributed by atoms with van der Waals surface area (Å²) in [5, 5.41) is 10.6. The van der Waals surface area contributed by atoms with Crippen molar-refractivity contribution in [3.05, 3.63) is 0 Å². The van der Waals surface area contributed by atoms with E-state index in [-0.39, 0.29) is 25.7 Å². The lowest BCUT2D eigenvalue weighted by molar-refractivity contribution is -0.161. The molecular formula is C79H154O17P2. The van der Waals surface area contributed by atoms with Crippen LogP contribution in [0.5, 0.6) is 0 Å². The van der Waals surface area contributed by atoms with Crippen LogP contribution < -0.4 is 0 Å². The van der Waals surface area contributed by atoms with Crippen molar-refractivity contribution >= 4 is 39.5 Å². The van der Waals surface area contributed by atoms with E-state index in [0.29, 0.717) is 25.7 Å². The van der Waals surface area contributed by atoms with Crippen LogP contribution in [-0.4, -0.2) is 96.7 Å². The highest BCUT2D eigenvalue weighted by atomic mass is 31.2. The molecule has 6 atom stereocenters. The Hall–Kier alpha value is -1.94. The molecule has 0 rings (SSSR count). The van der Waals surface area contributed by atoms with Gasteiger partial charge in [-0.1, -0.05) is 357 Å². The second-order valence-corrected chi connectivity index (χ2v) is 32.6. The van der Waals surface area contributed by atoms with Crippen molar-refractivity contribution in [1.29, 1.82) is 0 Å². The Morgan fingerprint density at radius 3 is 0.776 bits per heavy atom. The van der Waals surface area contributed by atoms with Crippen molar-refractivity contribution < 1.29 is 80.2 Å². The molecule has 0 amide bonds. The smallest absolute Gasteiger partial charge is 0.462 e. The van der Waals surface area contributed by atoms with Crippen molar-refractivity contribution in [3.63, 3.8) is 0 Å². The molecule has 0 bridgehead atoms. The van der Waals surface area contributed by atoms with Gasteiger partial charge in [-0.05, 0) is 43.4 Å². The number of phosphoric acid groups is 2. The molecule has 0 aliphatic heterocycles. The summed E-state index contributed by atoms with van der Waals surface area (Å²) in [6, 6.07) is 0. The van der Waals surface area contributed by atoms with Gasteiger partial charge < -0.3 is 33.8 Å². The van der Waals surface area contributed by atoms with Gasteiger partial charge in [0.15, 0.2) is 12.2 Å². The van der Waals surface area contributed by atoms with Gasteiger partial charge in [0.1, 0.15) is 19.3 Å². The quantitative estimate of drug-likeness (QED) is 0.0222. The molecule has 0 aliphatic rings. The summed E-state index contributed by atoms with van der Waals surface area (Å²) in [5.74, 6) is 0.190. The van der Waals surface area contributed by atoms with Gasteiger partial charge >= 0.3 is 39.5 Å². The van der Waals surface area contributed by atoms with Gasteiger partial charge in [-0.25, -0.2) is 9.13 Å². The highest BCUT2D eigenvalue weighted by molar-refractivity contribution is 7.47. The lowest BCUT2D eigenvalue weighted by Gasteiger charge is -2.21. The lowest BCUT2D eigenvalue weighted by Crippen LogP contribution is -2.30. The largest absolute Gasteiger partial charge is 0.472 e. The summed E-state index contributed by atoms with van der Waals surface area (Å²) in [5.41, 5.74) is 0. The number of hydrogen-bond donors (Lipinski definition) is 3. The predicted octanol–water partition coefficient (Wildman–Crippen LogP) is 23.4. The van der Waals surface area contributed by atoms with Gasteiger partial charge in [-0.2, -0.15) is 0 Å². The van der Waals surface area contributed by atoms with E-state index in [9.17, 15) is 43.2 Å². The van der Waals surface area contributed by atoms with Crippen molar-refractivity contribution in [2.45, 2.75) is 426 Å². The van der Waals surface area contributed by atoms with E-state index in [2.05, 4.69) is 48.5 Å². The maximum atomic E-state index is 13.1. The number of hydrogen-bond acceptors (Lipinski definition) is 15. The van der Waals surface area contributed by atoms with Crippen LogP contribution in [-0.2, 0) is 65.4 Å². The van der Waals surface area contributed by atoms with Crippen LogP contribution in [0.15, 0.2) is 0 Å². The Bertz CT molecular complexity index is 1910. The molecule has 0 saturated heterocycles. The number of esters is 4. The second kappa shape index (κ2) is 69.4. The first-order valence-corrected chi connectivity index (χ1v) is 43.9. The van der Waals surface area contributed by atoms with E-state index in [1.165, 1.54) is 218 Å². The summed E-state index contributed by atoms with van der Waals surface area (Å²) in [4.78, 5) is 72.9. The Morgan fingerprint density at radius 1 is 0.296 bits per heavy atom. The molecule has 0 radical (unpaired) electrons. The predicted molar refractivity (Wildman–Crippen MR) is 400 cm³/mol. The summed E-state index contributed by atoms with van der Waals surface area (Å²) < 4.78 is 68.6. The fourth-order valence-corrected chi connectivity index (χ4v) is 13.7. The van der Waals surface area contributed by atoms with E-state index in [1.54, 1.807) is 0 Å². The Morgan fingerprint density at radius 2 is 0.520 bits per heavy atom. The third kappa shape index (κ3) is 71.1. The minimum absolute atomic E-state index is 0.104. The molecule has 0 fully saturated rings. The van der Waals surface area contributed by atoms with Crippen LogP contribution in [0.4, 0.5) is 0 Å². The van der Waals surface area contributed by atoms with E-state index >= 15 is 0 Å². The monoisotopic (exact) mass is 1440 g/mol. The molecule has 19 heteroatoms. The van der Waals surface area contributed by atoms with Gasteiger partial charge in [0.2, 0.25) is 0 Å². The second-order valence-electron chi connectivity index (χ2n) is 29.6. The van der Waals surface area contributed by atoms with Crippen LogP contribution in [0.1, 0.15) is 408 Å². The number of aliphatic hydroxyl groups is 1. The Balaban J connectivity index is 5.25. The molecule has 98 heavy (non-hydrogen) atoms. The number of unbranched alkanes of at least 4 members (excludes halogenated alkanes) is 44. The zero-order valence-corrected chi connectivity index (χ0v) is 66.0. The van der Waals surface area contributed by atoms with E-state index in [0.717, 1.165) is 108 Å². The average molecular weight is 1440 g/mol. The first kappa shape index (κ1) is 96.1. The third-order valence-electron chi connectivity index (χ3n) is 18.7. The van der Waals surface area contributed by atoms with Gasteiger partial charge in [0.25, 0.3) is 0 Å². The van der Waals surface area contributed by atoms with Crippen LogP contribution in [0.3, 0.4) is 0 Å². The lowest BCUT2D eigenvalue weighted by atomic mass is 9.99. The van der Waals surface area contributed by atoms with Crippen LogP contribution >= 0.6 is 15.6 Å². The number of aliphatic hydroxyl groups excluding tert-OH is 1. The molecule has 582 valence electrons. The summed E-state index contributed by atoms with van der Waals surface area (Å²) in [7, 11) is -9.92. The van der Waals surface area contributed by atoms with E-state index < -0.39 is 97.5 Å². The SMILES string of the molecule is CCCCCCCCCCCCCCCCCCC(=O)OC[C@H](COP(=O)(O)OC[C@@H](O)COP(=O)(O)OC[C@@H](COC(=O)CCCCCCCCCCC(C)C)OC(=O)CCCCCCCCCCC(C)CC)OC(=O)CCCCCCCCCCCCCCCCCCC(C)C. The molecule has 3 unspecified atom stereocenters. The highest BCUT2D eigenvalue weighted by Crippen LogP contribution is 2.45. The molecule has 3 N–H and O–H groups in total. The van der Waals surface area contributed by atoms with Crippen LogP contribution in [0.2, 0.25) is 0 Å². The van der Waals surface area contributed by atoms with Crippen molar-refractivity contribution in [2.75, 3.05) is 39.6 Å². The molecule has 17 nitrogen and oxygen atoms in total. The summed E-state index contributed by atoms with van der Waals surface area (Å²) in [6.45, 7) is 11.9. The highest BCUT2D eigenvalue weighted by Gasteiger charge is 2.30. The maximum Gasteiger partial charge on any atom is 0.472 e. The zero-order valence-electron chi connectivity index (χ0n) is 64.3. The number of phosphoric ester groups is 2. The fourth-order valence-electron chi connectivity index (χ4n) is 12.1. The Labute approximate surface area is 600 Å². The molecule has 0 heterocycles. The zero-order chi connectivity index (χ0) is 72.3. The molecule has 0 spiro atoms. The standard InChI is InChI=1S/C79H154O17P2/c1-8-10-11-12-13-14-15-16-17-21-24-27-30-39-46-53-60-76(81)89-66-74(95-78(83)62-55-48-41-31-28-25-22-19-18-20-23-26-29-36-43-50-57-70(3)4)68-93-97(85,86)91-64-73(80)65-92-98(87,88)94-69-75(67-90-77(82)61-54-47-40-34-32-37-44-51-58-71(5)6)96-79(84)63-56-49-42-35-33-38-45-52-59-72(7)9-2/h70-75,80H,8-69H2,1-7H3,(H,85,86)(H,87,88)/t72?,73-,74-,75-/m1/s1. The van der Waals surface area contributed by atoms with Crippen molar-refractivity contribution in [1.82, 2.24) is 0 Å².